The molecule has 0 saturated carbocycles. The lowest BCUT2D eigenvalue weighted by atomic mass is 9.72. The molecule has 5 aliphatic heterocycles. The second kappa shape index (κ2) is 7.34. The molecule has 1 atom stereocenters. The molecule has 7 aromatic rings. The fourth-order valence-electron chi connectivity index (χ4n) is 9.84. The molecule has 0 fully saturated rings. The zero-order valence-electron chi connectivity index (χ0n) is 27.0. The van der Waals surface area contributed by atoms with Crippen molar-refractivity contribution in [3.05, 3.63) is 125 Å². The van der Waals surface area contributed by atoms with Crippen molar-refractivity contribution in [1.29, 1.82) is 0 Å². The molecule has 47 heavy (non-hydrogen) atoms. The third kappa shape index (κ3) is 2.44. The molecule has 1 spiro atoms. The third-order valence-electron chi connectivity index (χ3n) is 11.8. The minimum absolute atomic E-state index is 0.189. The van der Waals surface area contributed by atoms with Crippen LogP contribution in [0.4, 0.5) is 17.2 Å². The van der Waals surface area contributed by atoms with E-state index in [-0.39, 0.29) is 5.41 Å². The number of fused-ring (bicyclic) bond motifs is 8. The predicted molar refractivity (Wildman–Crippen MR) is 188 cm³/mol. The number of aromatic nitrogens is 3. The highest BCUT2D eigenvalue weighted by molar-refractivity contribution is 6.88. The van der Waals surface area contributed by atoms with Crippen LogP contribution in [0.2, 0.25) is 19.6 Å². The average molecular weight is 625 g/mol. The van der Waals surface area contributed by atoms with E-state index in [9.17, 15) is 0 Å². The third-order valence-corrected chi connectivity index (χ3v) is 13.8. The number of benzene rings is 4. The van der Waals surface area contributed by atoms with Crippen molar-refractivity contribution in [2.45, 2.75) is 44.6 Å². The van der Waals surface area contributed by atoms with E-state index in [1.165, 1.54) is 83.5 Å². The average Bonchev–Trinajstić information content (AvgIpc) is 3.56. The standard InChI is InChI=1S/C41H32N4OSi/c1-40(2)26-12-7-9-14-29(26)43-32-16-10-15-31-36(32)41-37-34(20-17-25-24-11-6-8-13-28(24)42(31)38(25)37)46-35-22-23(47(3,4)5)21-33(44(35)41)30-19-18-27(40)39(43)45(30)41/h6-22H,1-5H3/q+2. The van der Waals surface area contributed by atoms with Crippen molar-refractivity contribution >= 4 is 52.3 Å². The molecule has 0 bridgehead atoms. The van der Waals surface area contributed by atoms with Crippen LogP contribution in [0.25, 0.3) is 38.9 Å². The fourth-order valence-corrected chi connectivity index (χ4v) is 11.0. The van der Waals surface area contributed by atoms with E-state index in [1.54, 1.807) is 0 Å². The summed E-state index contributed by atoms with van der Waals surface area (Å²) in [7, 11) is -1.70. The van der Waals surface area contributed by atoms with Gasteiger partial charge >= 0.3 is 11.5 Å². The highest BCUT2D eigenvalue weighted by Gasteiger charge is 2.73. The summed E-state index contributed by atoms with van der Waals surface area (Å²) in [5.41, 5.74) is 13.1. The topological polar surface area (TPSA) is 25.2 Å². The van der Waals surface area contributed by atoms with Gasteiger partial charge in [-0.3, -0.25) is 0 Å². The van der Waals surface area contributed by atoms with Crippen molar-refractivity contribution < 1.29 is 13.9 Å². The molecule has 0 saturated heterocycles. The van der Waals surface area contributed by atoms with Crippen molar-refractivity contribution in [3.63, 3.8) is 0 Å². The van der Waals surface area contributed by atoms with Gasteiger partial charge in [0.25, 0.3) is 11.5 Å². The molecule has 5 aliphatic rings. The van der Waals surface area contributed by atoms with Crippen LogP contribution < -0.4 is 24.0 Å². The van der Waals surface area contributed by atoms with E-state index >= 15 is 0 Å². The number of ether oxygens (including phenoxy) is 1. The van der Waals surface area contributed by atoms with Crippen LogP contribution in [0.1, 0.15) is 36.1 Å². The van der Waals surface area contributed by atoms with Gasteiger partial charge in [-0.05, 0) is 53.7 Å². The lowest BCUT2D eigenvalue weighted by Gasteiger charge is -2.44. The molecule has 0 radical (unpaired) electrons. The number of nitrogens with zero attached hydrogens (tertiary/aromatic N) is 4. The lowest BCUT2D eigenvalue weighted by Crippen LogP contribution is -2.76. The zero-order valence-corrected chi connectivity index (χ0v) is 28.0. The number of hydrogen-bond donors (Lipinski definition) is 0. The Kier molecular flexibility index (Phi) is 3.90. The van der Waals surface area contributed by atoms with E-state index in [0.29, 0.717) is 0 Å². The van der Waals surface area contributed by atoms with Gasteiger partial charge in [-0.2, -0.15) is 4.90 Å². The van der Waals surface area contributed by atoms with Gasteiger partial charge in [0.2, 0.25) is 5.69 Å². The SMILES string of the molecule is CC1(C)c2ccccc2N2c3cccc4c3C35c6c(ccc7c8ccccc8n-4c67)Oc4cc([Si](C)(C)C)cc([n+]43)-c3ccc1c2[n+]35. The van der Waals surface area contributed by atoms with Gasteiger partial charge in [0.05, 0.1) is 36.4 Å². The molecule has 1 unspecified atom stereocenters. The normalized spacial score (nSPS) is 19.1. The fraction of sp³-hybridized carbons (Fsp3) is 0.171. The number of rotatable bonds is 1. The number of pyridine rings is 2. The Morgan fingerprint density at radius 2 is 1.45 bits per heavy atom. The van der Waals surface area contributed by atoms with Gasteiger partial charge in [-0.1, -0.05) is 76.0 Å². The Morgan fingerprint density at radius 1 is 0.660 bits per heavy atom. The van der Waals surface area contributed by atoms with Gasteiger partial charge in [0.15, 0.2) is 11.4 Å². The monoisotopic (exact) mass is 624 g/mol. The van der Waals surface area contributed by atoms with Crippen LogP contribution in [-0.2, 0) is 11.1 Å². The molecule has 0 N–H and O–H groups in total. The first-order chi connectivity index (χ1) is 22.7. The molecule has 0 aliphatic carbocycles. The zero-order chi connectivity index (χ0) is 31.4. The molecule has 12 rings (SSSR count). The van der Waals surface area contributed by atoms with Crippen molar-refractivity contribution in [2.24, 2.45) is 0 Å². The van der Waals surface area contributed by atoms with Crippen molar-refractivity contribution in [3.8, 4) is 28.7 Å². The number of para-hydroxylation sites is 2. The summed E-state index contributed by atoms with van der Waals surface area (Å²) in [6.07, 6.45) is 0. The molecule has 4 aromatic carbocycles. The quantitative estimate of drug-likeness (QED) is 0.137. The predicted octanol–water partition coefficient (Wildman–Crippen LogP) is 8.02. The second-order valence-electron chi connectivity index (χ2n) is 15.5. The van der Waals surface area contributed by atoms with Crippen LogP contribution in [0.3, 0.4) is 0 Å². The summed E-state index contributed by atoms with van der Waals surface area (Å²) in [5.74, 6) is 3.13. The van der Waals surface area contributed by atoms with Gasteiger partial charge in [0.1, 0.15) is 16.8 Å². The van der Waals surface area contributed by atoms with Crippen LogP contribution in [0.15, 0.2) is 103 Å². The van der Waals surface area contributed by atoms with E-state index in [2.05, 4.69) is 155 Å². The lowest BCUT2D eigenvalue weighted by molar-refractivity contribution is -0.936. The Labute approximate surface area is 273 Å². The first-order valence-corrected chi connectivity index (χ1v) is 20.2. The Balaban J connectivity index is 1.39. The number of hydrogen-bond acceptors (Lipinski definition) is 2. The second-order valence-corrected chi connectivity index (χ2v) is 20.5. The highest BCUT2D eigenvalue weighted by Crippen LogP contribution is 2.62. The maximum atomic E-state index is 7.11. The van der Waals surface area contributed by atoms with E-state index < -0.39 is 13.7 Å². The molecule has 3 aromatic heterocycles. The summed E-state index contributed by atoms with van der Waals surface area (Å²) < 4.78 is 14.9. The van der Waals surface area contributed by atoms with Crippen LogP contribution in [-0.4, -0.2) is 12.6 Å². The molecule has 224 valence electrons. The molecule has 5 nitrogen and oxygen atoms in total. The van der Waals surface area contributed by atoms with E-state index in [0.717, 1.165) is 11.6 Å². The van der Waals surface area contributed by atoms with Gasteiger partial charge in [0, 0.05) is 27.8 Å². The smallest absolute Gasteiger partial charge is 0.378 e. The summed E-state index contributed by atoms with van der Waals surface area (Å²) >= 11 is 0. The maximum Gasteiger partial charge on any atom is 0.378 e. The Morgan fingerprint density at radius 3 is 2.32 bits per heavy atom. The van der Waals surface area contributed by atoms with E-state index in [4.69, 9.17) is 4.74 Å². The minimum Gasteiger partial charge on any atom is -0.404 e. The van der Waals surface area contributed by atoms with Crippen LogP contribution in [0.5, 0.6) is 11.6 Å². The van der Waals surface area contributed by atoms with Gasteiger partial charge < -0.3 is 9.30 Å². The first kappa shape index (κ1) is 25.0. The Bertz CT molecular complexity index is 2700. The minimum atomic E-state index is -1.70. The molecule has 6 heteroatoms. The summed E-state index contributed by atoms with van der Waals surface area (Å²) in [5, 5.41) is 3.95. The van der Waals surface area contributed by atoms with E-state index in [1.807, 2.05) is 0 Å². The summed E-state index contributed by atoms with van der Waals surface area (Å²) in [6, 6.07) is 39.0. The van der Waals surface area contributed by atoms with Gasteiger partial charge in [-0.25, -0.2) is 0 Å². The highest BCUT2D eigenvalue weighted by atomic mass is 28.3. The maximum absolute atomic E-state index is 7.11. The summed E-state index contributed by atoms with van der Waals surface area (Å²) in [6.45, 7) is 12.1. The van der Waals surface area contributed by atoms with Crippen LogP contribution in [0, 0.1) is 0 Å². The molecular weight excluding hydrogens is 593 g/mol. The van der Waals surface area contributed by atoms with Crippen LogP contribution >= 0.6 is 0 Å². The number of anilines is 3. The molecular formula is C41H32N4OSi+2. The van der Waals surface area contributed by atoms with Gasteiger partial charge in [-0.15, -0.1) is 9.13 Å². The first-order valence-electron chi connectivity index (χ1n) is 16.7. The largest absolute Gasteiger partial charge is 0.404 e. The summed E-state index contributed by atoms with van der Waals surface area (Å²) in [4.78, 5) is 2.57. The molecule has 8 heterocycles. The van der Waals surface area contributed by atoms with Crippen molar-refractivity contribution in [2.75, 3.05) is 4.90 Å². The van der Waals surface area contributed by atoms with Crippen molar-refractivity contribution in [1.82, 2.24) is 4.57 Å². The molecule has 0 amide bonds. The Hall–Kier alpha value is -5.20.